The van der Waals surface area contributed by atoms with Crippen molar-refractivity contribution in [3.63, 3.8) is 0 Å². The molecule has 0 unspecified atom stereocenters. The van der Waals surface area contributed by atoms with E-state index in [1.807, 2.05) is 13.8 Å². The second kappa shape index (κ2) is 4.23. The summed E-state index contributed by atoms with van der Waals surface area (Å²) in [5, 5.41) is 0. The van der Waals surface area contributed by atoms with E-state index < -0.39 is 0 Å². The van der Waals surface area contributed by atoms with Gasteiger partial charge in [0, 0.05) is 19.4 Å². The molecule has 1 saturated carbocycles. The molecule has 0 aromatic carbocycles. The number of hydrogen-bond acceptors (Lipinski definition) is 2. The highest BCUT2D eigenvalue weighted by Gasteiger charge is 2.26. The summed E-state index contributed by atoms with van der Waals surface area (Å²) in [7, 11) is 1.70. The van der Waals surface area contributed by atoms with Crippen molar-refractivity contribution in [2.24, 2.45) is 5.92 Å². The zero-order valence-corrected chi connectivity index (χ0v) is 8.93. The van der Waals surface area contributed by atoms with Crippen LogP contribution >= 0.6 is 0 Å². The molecule has 1 rings (SSSR count). The van der Waals surface area contributed by atoms with Crippen molar-refractivity contribution in [3.05, 3.63) is 0 Å². The van der Waals surface area contributed by atoms with Crippen LogP contribution in [0.25, 0.3) is 0 Å². The van der Waals surface area contributed by atoms with Crippen molar-refractivity contribution >= 4 is 5.78 Å². The molecule has 0 heterocycles. The van der Waals surface area contributed by atoms with Crippen molar-refractivity contribution in [1.82, 2.24) is 0 Å². The van der Waals surface area contributed by atoms with Crippen LogP contribution in [-0.4, -0.2) is 18.5 Å². The predicted molar refractivity (Wildman–Crippen MR) is 52.7 cm³/mol. The Morgan fingerprint density at radius 2 is 2.08 bits per heavy atom. The molecular weight excluding hydrogens is 164 g/mol. The lowest BCUT2D eigenvalue weighted by molar-refractivity contribution is -0.126. The Balaban J connectivity index is 2.21. The molecule has 0 atom stereocenters. The van der Waals surface area contributed by atoms with Crippen molar-refractivity contribution in [2.45, 2.75) is 51.6 Å². The summed E-state index contributed by atoms with van der Waals surface area (Å²) in [5.41, 5.74) is -0.139. The molecule has 0 N–H and O–H groups in total. The minimum absolute atomic E-state index is 0.139. The quantitative estimate of drug-likeness (QED) is 0.656. The Morgan fingerprint density at radius 1 is 1.46 bits per heavy atom. The molecule has 0 saturated heterocycles. The second-order valence-corrected chi connectivity index (χ2v) is 4.56. The number of ether oxygens (including phenoxy) is 1. The average Bonchev–Trinajstić information content (AvgIpc) is 1.98. The third kappa shape index (κ3) is 3.11. The molecule has 0 bridgehead atoms. The van der Waals surface area contributed by atoms with Crippen LogP contribution in [0.2, 0.25) is 0 Å². The zero-order chi connectivity index (χ0) is 9.90. The Hall–Kier alpha value is -0.370. The van der Waals surface area contributed by atoms with E-state index in [-0.39, 0.29) is 5.60 Å². The summed E-state index contributed by atoms with van der Waals surface area (Å²) in [6.45, 7) is 4.06. The minimum Gasteiger partial charge on any atom is -0.379 e. The molecule has 2 nitrogen and oxygen atoms in total. The number of Topliss-reactive ketones (excluding diaryl/α,β-unsaturated/α-hetero) is 1. The zero-order valence-electron chi connectivity index (χ0n) is 8.93. The van der Waals surface area contributed by atoms with Gasteiger partial charge in [0.05, 0.1) is 5.60 Å². The molecule has 0 spiro atoms. The highest BCUT2D eigenvalue weighted by atomic mass is 16.5. The molecule has 1 aliphatic rings. The van der Waals surface area contributed by atoms with Crippen molar-refractivity contribution in [2.75, 3.05) is 7.11 Å². The largest absolute Gasteiger partial charge is 0.379 e. The molecule has 13 heavy (non-hydrogen) atoms. The van der Waals surface area contributed by atoms with E-state index >= 15 is 0 Å². The van der Waals surface area contributed by atoms with E-state index in [0.717, 1.165) is 19.3 Å². The van der Waals surface area contributed by atoms with Gasteiger partial charge in [-0.05, 0) is 33.1 Å². The fourth-order valence-electron chi connectivity index (χ4n) is 1.46. The van der Waals surface area contributed by atoms with Crippen LogP contribution in [0.1, 0.15) is 46.0 Å². The summed E-state index contributed by atoms with van der Waals surface area (Å²) >= 11 is 0. The maximum absolute atomic E-state index is 11.5. The fraction of sp³-hybridized carbons (Fsp3) is 0.909. The summed E-state index contributed by atoms with van der Waals surface area (Å²) in [5.74, 6) is 0.823. The summed E-state index contributed by atoms with van der Waals surface area (Å²) in [4.78, 5) is 11.5. The van der Waals surface area contributed by atoms with Gasteiger partial charge in [0.15, 0.2) is 0 Å². The number of methoxy groups -OCH3 is 1. The van der Waals surface area contributed by atoms with Crippen molar-refractivity contribution in [1.29, 1.82) is 0 Å². The van der Waals surface area contributed by atoms with Crippen molar-refractivity contribution < 1.29 is 9.53 Å². The second-order valence-electron chi connectivity index (χ2n) is 4.56. The van der Waals surface area contributed by atoms with Crippen LogP contribution in [0.3, 0.4) is 0 Å². The van der Waals surface area contributed by atoms with E-state index in [1.54, 1.807) is 7.11 Å². The lowest BCUT2D eigenvalue weighted by atomic mass is 9.80. The first-order valence-electron chi connectivity index (χ1n) is 5.13. The van der Waals surface area contributed by atoms with Crippen LogP contribution in [-0.2, 0) is 9.53 Å². The maximum atomic E-state index is 11.5. The highest BCUT2D eigenvalue weighted by molar-refractivity contribution is 5.81. The lowest BCUT2D eigenvalue weighted by Gasteiger charge is -2.27. The van der Waals surface area contributed by atoms with Gasteiger partial charge in [-0.15, -0.1) is 0 Å². The Labute approximate surface area is 80.7 Å². The van der Waals surface area contributed by atoms with Crippen LogP contribution in [0, 0.1) is 5.92 Å². The Bertz CT molecular complexity index is 181. The van der Waals surface area contributed by atoms with Gasteiger partial charge in [-0.25, -0.2) is 0 Å². The van der Waals surface area contributed by atoms with Gasteiger partial charge in [0.1, 0.15) is 5.78 Å². The SMILES string of the molecule is COC(C)(C)CCC(=O)C1CCC1. The number of ketones is 1. The number of carbonyl (C=O) groups is 1. The third-order valence-corrected chi connectivity index (χ3v) is 3.09. The molecule has 1 fully saturated rings. The fourth-order valence-corrected chi connectivity index (χ4v) is 1.46. The Kier molecular flexibility index (Phi) is 3.48. The summed E-state index contributed by atoms with van der Waals surface area (Å²) < 4.78 is 5.27. The molecule has 0 amide bonds. The lowest BCUT2D eigenvalue weighted by Crippen LogP contribution is -2.27. The average molecular weight is 184 g/mol. The van der Waals surface area contributed by atoms with E-state index in [1.165, 1.54) is 6.42 Å². The van der Waals surface area contributed by atoms with E-state index in [0.29, 0.717) is 18.1 Å². The normalized spacial score (nSPS) is 18.4. The molecular formula is C11H20O2. The summed E-state index contributed by atoms with van der Waals surface area (Å²) in [6.07, 6.45) is 5.01. The first-order valence-corrected chi connectivity index (χ1v) is 5.13. The van der Waals surface area contributed by atoms with Crippen LogP contribution < -0.4 is 0 Å². The molecule has 0 aromatic rings. The predicted octanol–water partition coefficient (Wildman–Crippen LogP) is 2.56. The first-order chi connectivity index (χ1) is 6.05. The third-order valence-electron chi connectivity index (χ3n) is 3.09. The van der Waals surface area contributed by atoms with E-state index in [2.05, 4.69) is 0 Å². The Morgan fingerprint density at radius 3 is 2.46 bits per heavy atom. The number of carbonyl (C=O) groups excluding carboxylic acids is 1. The molecule has 0 radical (unpaired) electrons. The smallest absolute Gasteiger partial charge is 0.136 e. The molecule has 76 valence electrons. The number of hydrogen-bond donors (Lipinski definition) is 0. The van der Waals surface area contributed by atoms with Gasteiger partial charge in [-0.1, -0.05) is 6.42 Å². The molecule has 2 heteroatoms. The molecule has 0 aromatic heterocycles. The van der Waals surface area contributed by atoms with Gasteiger partial charge < -0.3 is 4.74 Å². The van der Waals surface area contributed by atoms with Gasteiger partial charge in [-0.3, -0.25) is 4.79 Å². The molecule has 1 aliphatic carbocycles. The highest BCUT2D eigenvalue weighted by Crippen LogP contribution is 2.29. The van der Waals surface area contributed by atoms with Gasteiger partial charge in [0.2, 0.25) is 0 Å². The topological polar surface area (TPSA) is 26.3 Å². The monoisotopic (exact) mass is 184 g/mol. The van der Waals surface area contributed by atoms with E-state index in [4.69, 9.17) is 4.74 Å². The van der Waals surface area contributed by atoms with Gasteiger partial charge in [-0.2, -0.15) is 0 Å². The van der Waals surface area contributed by atoms with Gasteiger partial charge in [0.25, 0.3) is 0 Å². The van der Waals surface area contributed by atoms with Crippen LogP contribution in [0.5, 0.6) is 0 Å². The minimum atomic E-state index is -0.139. The number of rotatable bonds is 5. The standard InChI is InChI=1S/C11H20O2/c1-11(2,13-3)8-7-10(12)9-5-4-6-9/h9H,4-8H2,1-3H3. The van der Waals surface area contributed by atoms with Crippen LogP contribution in [0.15, 0.2) is 0 Å². The van der Waals surface area contributed by atoms with Crippen molar-refractivity contribution in [3.8, 4) is 0 Å². The first kappa shape index (κ1) is 10.7. The summed E-state index contributed by atoms with van der Waals surface area (Å²) in [6, 6.07) is 0. The van der Waals surface area contributed by atoms with Crippen LogP contribution in [0.4, 0.5) is 0 Å². The molecule has 0 aliphatic heterocycles. The van der Waals surface area contributed by atoms with Gasteiger partial charge >= 0.3 is 0 Å². The van der Waals surface area contributed by atoms with E-state index in [9.17, 15) is 4.79 Å². The maximum Gasteiger partial charge on any atom is 0.136 e.